The molecule has 0 saturated heterocycles. The maximum Gasteiger partial charge on any atom is 0.267 e. The van der Waals surface area contributed by atoms with Crippen LogP contribution in [-0.2, 0) is 11.3 Å². The third-order valence-corrected chi connectivity index (χ3v) is 4.56. The van der Waals surface area contributed by atoms with Gasteiger partial charge in [-0.25, -0.2) is 4.68 Å². The highest BCUT2D eigenvalue weighted by Crippen LogP contribution is 2.27. The molecule has 2 aromatic carbocycles. The minimum Gasteiger partial charge on any atom is -0.495 e. The average molecular weight is 449 g/mol. The van der Waals surface area contributed by atoms with Gasteiger partial charge in [-0.05, 0) is 36.4 Å². The van der Waals surface area contributed by atoms with Crippen molar-refractivity contribution in [2.75, 3.05) is 12.4 Å². The van der Waals surface area contributed by atoms with Crippen LogP contribution in [0, 0.1) is 0 Å². The molecular formula is C19H15BrClN3O3. The van der Waals surface area contributed by atoms with E-state index < -0.39 is 5.91 Å². The number of ether oxygens (including phenoxy) is 1. The summed E-state index contributed by atoms with van der Waals surface area (Å²) in [5.41, 5.74) is 1.58. The minimum absolute atomic E-state index is 0.215. The molecule has 0 aliphatic rings. The van der Waals surface area contributed by atoms with Gasteiger partial charge in [0.25, 0.3) is 5.56 Å². The number of halogens is 2. The molecule has 0 atom stereocenters. The van der Waals surface area contributed by atoms with Crippen LogP contribution in [0.1, 0.15) is 0 Å². The molecule has 138 valence electrons. The highest BCUT2D eigenvalue weighted by Gasteiger charge is 2.10. The summed E-state index contributed by atoms with van der Waals surface area (Å²) in [6, 6.07) is 15.4. The van der Waals surface area contributed by atoms with Crippen molar-refractivity contribution in [2.24, 2.45) is 0 Å². The van der Waals surface area contributed by atoms with Gasteiger partial charge < -0.3 is 10.1 Å². The molecule has 3 rings (SSSR count). The Kier molecular flexibility index (Phi) is 5.93. The smallest absolute Gasteiger partial charge is 0.267 e. The second kappa shape index (κ2) is 8.37. The van der Waals surface area contributed by atoms with Gasteiger partial charge in [-0.1, -0.05) is 39.7 Å². The second-order valence-corrected chi connectivity index (χ2v) is 6.94. The Labute approximate surface area is 168 Å². The van der Waals surface area contributed by atoms with E-state index >= 15 is 0 Å². The molecule has 3 aromatic rings. The van der Waals surface area contributed by atoms with Crippen LogP contribution in [-0.4, -0.2) is 22.8 Å². The zero-order valence-electron chi connectivity index (χ0n) is 14.3. The number of hydrogen-bond acceptors (Lipinski definition) is 4. The molecule has 0 unspecified atom stereocenters. The number of rotatable bonds is 5. The van der Waals surface area contributed by atoms with Gasteiger partial charge in [-0.15, -0.1) is 0 Å². The Morgan fingerprint density at radius 2 is 1.93 bits per heavy atom. The molecule has 0 aliphatic carbocycles. The van der Waals surface area contributed by atoms with Gasteiger partial charge in [-0.3, -0.25) is 9.59 Å². The van der Waals surface area contributed by atoms with Crippen molar-refractivity contribution in [3.05, 3.63) is 74.4 Å². The molecule has 1 aromatic heterocycles. The zero-order chi connectivity index (χ0) is 19.4. The van der Waals surface area contributed by atoms with E-state index in [9.17, 15) is 9.59 Å². The van der Waals surface area contributed by atoms with Crippen molar-refractivity contribution in [3.8, 4) is 17.0 Å². The van der Waals surface area contributed by atoms with Crippen molar-refractivity contribution in [1.29, 1.82) is 0 Å². The molecule has 0 fully saturated rings. The number of nitrogens with zero attached hydrogens (tertiary/aromatic N) is 2. The largest absolute Gasteiger partial charge is 0.495 e. The third kappa shape index (κ3) is 4.75. The zero-order valence-corrected chi connectivity index (χ0v) is 16.6. The van der Waals surface area contributed by atoms with Crippen LogP contribution < -0.4 is 15.6 Å². The molecule has 0 spiro atoms. The Balaban J connectivity index is 1.77. The molecule has 0 bridgehead atoms. The van der Waals surface area contributed by atoms with Gasteiger partial charge in [0.15, 0.2) is 0 Å². The fraction of sp³-hybridized carbons (Fsp3) is 0.105. The molecular weight excluding hydrogens is 434 g/mol. The number of methoxy groups -OCH3 is 1. The first-order valence-corrected chi connectivity index (χ1v) is 9.11. The van der Waals surface area contributed by atoms with Crippen molar-refractivity contribution < 1.29 is 9.53 Å². The first-order valence-electron chi connectivity index (χ1n) is 7.94. The Bertz CT molecular complexity index is 1040. The molecule has 0 saturated carbocycles. The number of anilines is 1. The topological polar surface area (TPSA) is 73.2 Å². The van der Waals surface area contributed by atoms with E-state index in [1.165, 1.54) is 13.2 Å². The number of carbonyl (C=O) groups is 1. The Hall–Kier alpha value is -2.64. The Morgan fingerprint density at radius 3 is 2.59 bits per heavy atom. The van der Waals surface area contributed by atoms with E-state index in [-0.39, 0.29) is 12.1 Å². The minimum atomic E-state index is -0.390. The molecule has 8 heteroatoms. The number of hydrogen-bond donors (Lipinski definition) is 1. The Morgan fingerprint density at radius 1 is 1.19 bits per heavy atom. The van der Waals surface area contributed by atoms with Crippen molar-refractivity contribution >= 4 is 39.1 Å². The predicted octanol–water partition coefficient (Wildman–Crippen LogP) is 3.97. The number of amides is 1. The van der Waals surface area contributed by atoms with Crippen LogP contribution in [0.3, 0.4) is 0 Å². The standard InChI is InChI=1S/C19H15BrClN3O3/c1-27-17-8-6-14(10-15(17)21)22-18(25)11-24-19(26)9-7-16(23-24)12-2-4-13(20)5-3-12/h2-10H,11H2,1H3,(H,22,25). The van der Waals surface area contributed by atoms with Gasteiger partial charge >= 0.3 is 0 Å². The maximum absolute atomic E-state index is 12.3. The van der Waals surface area contributed by atoms with E-state index in [0.717, 1.165) is 14.7 Å². The summed E-state index contributed by atoms with van der Waals surface area (Å²) in [7, 11) is 1.51. The molecule has 0 aliphatic heterocycles. The number of carbonyl (C=O) groups excluding carboxylic acids is 1. The van der Waals surface area contributed by atoms with E-state index in [1.54, 1.807) is 24.3 Å². The number of aromatic nitrogens is 2. The molecule has 1 N–H and O–H groups in total. The fourth-order valence-corrected chi connectivity index (χ4v) is 2.94. The SMILES string of the molecule is COc1ccc(NC(=O)Cn2nc(-c3ccc(Br)cc3)ccc2=O)cc1Cl. The van der Waals surface area contributed by atoms with Crippen molar-refractivity contribution in [3.63, 3.8) is 0 Å². The summed E-state index contributed by atoms with van der Waals surface area (Å²) < 4.78 is 7.14. The third-order valence-electron chi connectivity index (χ3n) is 3.74. The van der Waals surface area contributed by atoms with Crippen molar-refractivity contribution in [2.45, 2.75) is 6.54 Å². The normalized spacial score (nSPS) is 10.5. The monoisotopic (exact) mass is 447 g/mol. The van der Waals surface area contributed by atoms with E-state index in [0.29, 0.717) is 22.2 Å². The van der Waals surface area contributed by atoms with Gasteiger partial charge in [0.2, 0.25) is 5.91 Å². The number of benzene rings is 2. The lowest BCUT2D eigenvalue weighted by molar-refractivity contribution is -0.117. The lowest BCUT2D eigenvalue weighted by Gasteiger charge is -2.10. The highest BCUT2D eigenvalue weighted by molar-refractivity contribution is 9.10. The van der Waals surface area contributed by atoms with Crippen LogP contribution in [0.25, 0.3) is 11.3 Å². The molecule has 0 radical (unpaired) electrons. The summed E-state index contributed by atoms with van der Waals surface area (Å²) in [6.45, 7) is -0.215. The summed E-state index contributed by atoms with van der Waals surface area (Å²) in [5.74, 6) is 0.119. The average Bonchev–Trinajstić information content (AvgIpc) is 2.64. The summed E-state index contributed by atoms with van der Waals surface area (Å²) in [5, 5.41) is 7.35. The molecule has 27 heavy (non-hydrogen) atoms. The molecule has 1 amide bonds. The van der Waals surface area contributed by atoms with E-state index in [4.69, 9.17) is 16.3 Å². The van der Waals surface area contributed by atoms with Crippen LogP contribution in [0.4, 0.5) is 5.69 Å². The number of nitrogens with one attached hydrogen (secondary N) is 1. The molecule has 6 nitrogen and oxygen atoms in total. The quantitative estimate of drug-likeness (QED) is 0.641. The fourth-order valence-electron chi connectivity index (χ4n) is 2.42. The van der Waals surface area contributed by atoms with Gasteiger partial charge in [0.1, 0.15) is 12.3 Å². The highest BCUT2D eigenvalue weighted by atomic mass is 79.9. The van der Waals surface area contributed by atoms with Gasteiger partial charge in [-0.2, -0.15) is 5.10 Å². The van der Waals surface area contributed by atoms with E-state index in [1.807, 2.05) is 24.3 Å². The summed E-state index contributed by atoms with van der Waals surface area (Å²) in [6.07, 6.45) is 0. The van der Waals surface area contributed by atoms with Gasteiger partial charge in [0.05, 0.1) is 17.8 Å². The van der Waals surface area contributed by atoms with Crippen LogP contribution >= 0.6 is 27.5 Å². The molecule has 1 heterocycles. The van der Waals surface area contributed by atoms with Crippen LogP contribution in [0.15, 0.2) is 63.9 Å². The van der Waals surface area contributed by atoms with Gasteiger partial charge in [0, 0.05) is 21.8 Å². The lowest BCUT2D eigenvalue weighted by Crippen LogP contribution is -2.29. The lowest BCUT2D eigenvalue weighted by atomic mass is 10.1. The van der Waals surface area contributed by atoms with Crippen LogP contribution in [0.2, 0.25) is 5.02 Å². The maximum atomic E-state index is 12.3. The predicted molar refractivity (Wildman–Crippen MR) is 108 cm³/mol. The summed E-state index contributed by atoms with van der Waals surface area (Å²) >= 11 is 9.43. The first-order chi connectivity index (χ1) is 13.0. The van der Waals surface area contributed by atoms with E-state index in [2.05, 4.69) is 26.3 Å². The first kappa shape index (κ1) is 19.1. The van der Waals surface area contributed by atoms with Crippen molar-refractivity contribution in [1.82, 2.24) is 9.78 Å². The summed E-state index contributed by atoms with van der Waals surface area (Å²) in [4.78, 5) is 24.4. The van der Waals surface area contributed by atoms with Crippen LogP contribution in [0.5, 0.6) is 5.75 Å². The second-order valence-electron chi connectivity index (χ2n) is 5.62.